The summed E-state index contributed by atoms with van der Waals surface area (Å²) in [6.07, 6.45) is 0.603. The lowest BCUT2D eigenvalue weighted by molar-refractivity contribution is 0.0494. The maximum Gasteiger partial charge on any atom is 0.168 e. The zero-order valence-corrected chi connectivity index (χ0v) is 11.5. The first-order valence-corrected chi connectivity index (χ1v) is 6.24. The molecular formula is C14H22FNO2. The van der Waals surface area contributed by atoms with E-state index in [1.54, 1.807) is 18.2 Å². The Morgan fingerprint density at radius 2 is 2.11 bits per heavy atom. The number of methoxy groups -OCH3 is 1. The monoisotopic (exact) mass is 255 g/mol. The fraction of sp³-hybridized carbons (Fsp3) is 0.571. The predicted molar refractivity (Wildman–Crippen MR) is 70.6 cm³/mol. The summed E-state index contributed by atoms with van der Waals surface area (Å²) in [6, 6.07) is 5.28. The molecule has 0 fully saturated rings. The number of ether oxygens (including phenoxy) is 2. The van der Waals surface area contributed by atoms with E-state index in [-0.39, 0.29) is 23.7 Å². The molecule has 0 aromatic heterocycles. The van der Waals surface area contributed by atoms with Crippen molar-refractivity contribution >= 4 is 0 Å². The van der Waals surface area contributed by atoms with Crippen LogP contribution in [0.2, 0.25) is 0 Å². The average molecular weight is 255 g/mol. The van der Waals surface area contributed by atoms with Gasteiger partial charge < -0.3 is 14.8 Å². The van der Waals surface area contributed by atoms with Gasteiger partial charge in [-0.25, -0.2) is 4.39 Å². The molecule has 1 aromatic carbocycles. The van der Waals surface area contributed by atoms with E-state index in [4.69, 9.17) is 9.47 Å². The summed E-state index contributed by atoms with van der Waals surface area (Å²) < 4.78 is 24.6. The second-order valence-electron chi connectivity index (χ2n) is 4.19. The molecule has 0 saturated heterocycles. The molecule has 0 bridgehead atoms. The van der Waals surface area contributed by atoms with Crippen LogP contribution in [0, 0.1) is 5.82 Å². The van der Waals surface area contributed by atoms with Crippen LogP contribution >= 0.6 is 0 Å². The van der Waals surface area contributed by atoms with Gasteiger partial charge in [0.1, 0.15) is 0 Å². The van der Waals surface area contributed by atoms with Crippen LogP contribution in [-0.2, 0) is 11.2 Å². The molecule has 0 aliphatic heterocycles. The highest BCUT2D eigenvalue weighted by atomic mass is 19.1. The fourth-order valence-electron chi connectivity index (χ4n) is 1.99. The Morgan fingerprint density at radius 1 is 1.39 bits per heavy atom. The minimum absolute atomic E-state index is 0.0330. The molecule has 0 aliphatic rings. The third-order valence-corrected chi connectivity index (χ3v) is 3.07. The largest absolute Gasteiger partial charge is 0.494 e. The lowest BCUT2D eigenvalue weighted by Gasteiger charge is -2.24. The van der Waals surface area contributed by atoms with E-state index in [0.717, 1.165) is 0 Å². The maximum atomic E-state index is 14.0. The molecule has 0 spiro atoms. The molecule has 2 atom stereocenters. The number of rotatable bonds is 7. The molecule has 102 valence electrons. The van der Waals surface area contributed by atoms with Crippen LogP contribution in [0.1, 0.15) is 19.4 Å². The zero-order valence-electron chi connectivity index (χ0n) is 11.5. The minimum Gasteiger partial charge on any atom is -0.494 e. The molecule has 0 radical (unpaired) electrons. The van der Waals surface area contributed by atoms with Gasteiger partial charge in [0.2, 0.25) is 0 Å². The summed E-state index contributed by atoms with van der Waals surface area (Å²) >= 11 is 0. The molecule has 0 amide bonds. The molecular weight excluding hydrogens is 233 g/mol. The fourth-order valence-corrected chi connectivity index (χ4v) is 1.99. The van der Waals surface area contributed by atoms with Crippen molar-refractivity contribution in [3.05, 3.63) is 29.6 Å². The normalized spacial score (nSPS) is 14.3. The second-order valence-corrected chi connectivity index (χ2v) is 4.19. The van der Waals surface area contributed by atoms with Crippen LogP contribution in [0.15, 0.2) is 18.2 Å². The maximum absolute atomic E-state index is 14.0. The summed E-state index contributed by atoms with van der Waals surface area (Å²) in [4.78, 5) is 0. The molecule has 0 heterocycles. The Bertz CT molecular complexity index is 371. The van der Waals surface area contributed by atoms with Crippen molar-refractivity contribution in [2.75, 3.05) is 20.8 Å². The molecule has 18 heavy (non-hydrogen) atoms. The molecule has 0 aliphatic carbocycles. The summed E-state index contributed by atoms with van der Waals surface area (Å²) in [7, 11) is 3.33. The summed E-state index contributed by atoms with van der Waals surface area (Å²) in [5.41, 5.74) is 0.639. The third-order valence-electron chi connectivity index (χ3n) is 3.07. The van der Waals surface area contributed by atoms with E-state index < -0.39 is 0 Å². The highest BCUT2D eigenvalue weighted by Gasteiger charge is 2.19. The highest BCUT2D eigenvalue weighted by Crippen LogP contribution is 2.21. The van der Waals surface area contributed by atoms with Gasteiger partial charge in [-0.05, 0) is 38.9 Å². The first-order chi connectivity index (χ1) is 8.63. The Kier molecular flexibility index (Phi) is 6.09. The number of hydrogen-bond donors (Lipinski definition) is 1. The smallest absolute Gasteiger partial charge is 0.168 e. The van der Waals surface area contributed by atoms with Gasteiger partial charge in [-0.15, -0.1) is 0 Å². The van der Waals surface area contributed by atoms with Gasteiger partial charge in [-0.3, -0.25) is 0 Å². The molecule has 1 aromatic rings. The van der Waals surface area contributed by atoms with E-state index in [1.807, 2.05) is 20.9 Å². The molecule has 1 rings (SSSR count). The number of hydrogen-bond acceptors (Lipinski definition) is 3. The van der Waals surface area contributed by atoms with Gasteiger partial charge in [-0.1, -0.05) is 12.1 Å². The minimum atomic E-state index is -0.288. The molecule has 0 saturated carbocycles. The van der Waals surface area contributed by atoms with Crippen molar-refractivity contribution in [3.8, 4) is 5.75 Å². The van der Waals surface area contributed by atoms with Gasteiger partial charge in [0, 0.05) is 12.6 Å². The summed E-state index contributed by atoms with van der Waals surface area (Å²) in [5, 5.41) is 3.17. The Balaban J connectivity index is 2.81. The molecule has 3 nitrogen and oxygen atoms in total. The first-order valence-electron chi connectivity index (χ1n) is 6.24. The van der Waals surface area contributed by atoms with Gasteiger partial charge in [0.15, 0.2) is 11.6 Å². The van der Waals surface area contributed by atoms with Crippen molar-refractivity contribution in [1.29, 1.82) is 0 Å². The quantitative estimate of drug-likeness (QED) is 0.811. The van der Waals surface area contributed by atoms with Crippen LogP contribution in [0.3, 0.4) is 0 Å². The Hall–Kier alpha value is -1.13. The van der Waals surface area contributed by atoms with Crippen molar-refractivity contribution in [3.63, 3.8) is 0 Å². The average Bonchev–Trinajstić information content (AvgIpc) is 2.37. The summed E-state index contributed by atoms with van der Waals surface area (Å²) in [5.74, 6) is -0.00429. The van der Waals surface area contributed by atoms with E-state index in [9.17, 15) is 4.39 Å². The van der Waals surface area contributed by atoms with E-state index in [1.165, 1.54) is 7.11 Å². The highest BCUT2D eigenvalue weighted by molar-refractivity contribution is 5.31. The number of nitrogens with one attached hydrogen (secondary N) is 1. The van der Waals surface area contributed by atoms with Crippen molar-refractivity contribution in [2.45, 2.75) is 32.4 Å². The van der Waals surface area contributed by atoms with Crippen molar-refractivity contribution in [1.82, 2.24) is 5.32 Å². The number of likely N-dealkylation sites (N-methyl/N-ethyl adjacent to an activating group) is 1. The molecule has 2 unspecified atom stereocenters. The second kappa shape index (κ2) is 7.34. The summed E-state index contributed by atoms with van der Waals surface area (Å²) in [6.45, 7) is 4.60. The SMILES string of the molecule is CCOC(C)C(Cc1cccc(OC)c1F)NC. The van der Waals surface area contributed by atoms with Crippen LogP contribution < -0.4 is 10.1 Å². The molecule has 1 N–H and O–H groups in total. The van der Waals surface area contributed by atoms with Gasteiger partial charge in [-0.2, -0.15) is 0 Å². The van der Waals surface area contributed by atoms with Crippen molar-refractivity contribution < 1.29 is 13.9 Å². The van der Waals surface area contributed by atoms with E-state index in [2.05, 4.69) is 5.32 Å². The van der Waals surface area contributed by atoms with Gasteiger partial charge >= 0.3 is 0 Å². The first kappa shape index (κ1) is 14.9. The third kappa shape index (κ3) is 3.68. The van der Waals surface area contributed by atoms with E-state index >= 15 is 0 Å². The zero-order chi connectivity index (χ0) is 13.5. The Labute approximate surface area is 108 Å². The lowest BCUT2D eigenvalue weighted by atomic mass is 10.0. The number of benzene rings is 1. The standard InChI is InChI=1S/C14H22FNO2/c1-5-18-10(2)12(16-3)9-11-7-6-8-13(17-4)14(11)15/h6-8,10,12,16H,5,9H2,1-4H3. The topological polar surface area (TPSA) is 30.5 Å². The van der Waals surface area contributed by atoms with Crippen LogP contribution in [-0.4, -0.2) is 32.9 Å². The van der Waals surface area contributed by atoms with E-state index in [0.29, 0.717) is 18.6 Å². The lowest BCUT2D eigenvalue weighted by Crippen LogP contribution is -2.39. The van der Waals surface area contributed by atoms with Crippen LogP contribution in [0.5, 0.6) is 5.75 Å². The van der Waals surface area contributed by atoms with Crippen LogP contribution in [0.25, 0.3) is 0 Å². The van der Waals surface area contributed by atoms with Gasteiger partial charge in [0.05, 0.1) is 13.2 Å². The van der Waals surface area contributed by atoms with Gasteiger partial charge in [0.25, 0.3) is 0 Å². The predicted octanol–water partition coefficient (Wildman–Crippen LogP) is 2.39. The Morgan fingerprint density at radius 3 is 2.67 bits per heavy atom. The van der Waals surface area contributed by atoms with Crippen LogP contribution in [0.4, 0.5) is 4.39 Å². The van der Waals surface area contributed by atoms with Crippen molar-refractivity contribution in [2.24, 2.45) is 0 Å². The molecule has 4 heteroatoms. The number of halogens is 1.